The molecule has 0 spiro atoms. The third kappa shape index (κ3) is 4.23. The van der Waals surface area contributed by atoms with Crippen molar-refractivity contribution in [3.8, 4) is 5.75 Å². The number of anilines is 3. The Morgan fingerprint density at radius 2 is 2.13 bits per heavy atom. The smallest absolute Gasteiger partial charge is 0.258 e. The number of hydrogen-bond acceptors (Lipinski definition) is 6. The van der Waals surface area contributed by atoms with Crippen molar-refractivity contribution in [1.82, 2.24) is 9.97 Å². The van der Waals surface area contributed by atoms with Gasteiger partial charge in [-0.15, -0.1) is 0 Å². The van der Waals surface area contributed by atoms with Gasteiger partial charge >= 0.3 is 0 Å². The van der Waals surface area contributed by atoms with Gasteiger partial charge in [-0.1, -0.05) is 11.6 Å². The van der Waals surface area contributed by atoms with Crippen LogP contribution in [0.1, 0.15) is 44.1 Å². The Morgan fingerprint density at radius 3 is 2.87 bits per heavy atom. The summed E-state index contributed by atoms with van der Waals surface area (Å²) >= 11 is 6.03. The molecule has 164 valence electrons. The van der Waals surface area contributed by atoms with Crippen molar-refractivity contribution in [2.75, 3.05) is 29.2 Å². The summed E-state index contributed by atoms with van der Waals surface area (Å²) in [5.41, 5.74) is 0.0678. The van der Waals surface area contributed by atoms with Gasteiger partial charge in [0.2, 0.25) is 17.8 Å². The maximum atomic E-state index is 13.1. The number of methoxy groups -OCH3 is 1. The summed E-state index contributed by atoms with van der Waals surface area (Å²) in [6.45, 7) is 2.85. The molecule has 4 rings (SSSR count). The number of aromatic nitrogens is 2. The number of ether oxygens (including phenoxy) is 1. The Balaban J connectivity index is 1.67. The van der Waals surface area contributed by atoms with E-state index in [2.05, 4.69) is 27.5 Å². The summed E-state index contributed by atoms with van der Waals surface area (Å²) in [7, 11) is 1.47. The lowest BCUT2D eigenvalue weighted by molar-refractivity contribution is -0.123. The summed E-state index contributed by atoms with van der Waals surface area (Å²) in [5.74, 6) is -0.916. The number of hydrogen-bond donors (Lipinski definition) is 3. The van der Waals surface area contributed by atoms with Gasteiger partial charge in [-0.3, -0.25) is 19.4 Å². The van der Waals surface area contributed by atoms with E-state index in [1.807, 2.05) is 4.90 Å². The fourth-order valence-electron chi connectivity index (χ4n) is 4.13. The molecule has 2 atom stereocenters. The van der Waals surface area contributed by atoms with Gasteiger partial charge in [0, 0.05) is 24.0 Å². The second-order valence-corrected chi connectivity index (χ2v) is 8.27. The number of halogens is 1. The van der Waals surface area contributed by atoms with Crippen LogP contribution in [-0.2, 0) is 9.59 Å². The zero-order chi connectivity index (χ0) is 22.1. The number of rotatable bonds is 4. The van der Waals surface area contributed by atoms with Crippen molar-refractivity contribution in [2.45, 2.75) is 44.6 Å². The zero-order valence-electron chi connectivity index (χ0n) is 17.3. The van der Waals surface area contributed by atoms with Crippen molar-refractivity contribution in [1.29, 1.82) is 0 Å². The number of amides is 2. The molecule has 2 aliphatic rings. The third-order valence-corrected chi connectivity index (χ3v) is 5.98. The van der Waals surface area contributed by atoms with Gasteiger partial charge in [0.1, 0.15) is 11.6 Å². The van der Waals surface area contributed by atoms with Gasteiger partial charge in [0.15, 0.2) is 0 Å². The monoisotopic (exact) mass is 445 g/mol. The first-order chi connectivity index (χ1) is 14.9. The first-order valence-corrected chi connectivity index (χ1v) is 10.6. The average molecular weight is 446 g/mol. The van der Waals surface area contributed by atoms with Crippen LogP contribution in [-0.4, -0.2) is 41.5 Å². The molecular weight excluding hydrogens is 422 g/mol. The molecule has 31 heavy (non-hydrogen) atoms. The second-order valence-electron chi connectivity index (χ2n) is 7.83. The molecule has 10 heteroatoms. The van der Waals surface area contributed by atoms with Crippen LogP contribution in [0.15, 0.2) is 23.0 Å². The number of benzene rings is 1. The van der Waals surface area contributed by atoms with E-state index in [1.54, 1.807) is 18.2 Å². The average Bonchev–Trinajstić information content (AvgIpc) is 2.73. The first-order valence-electron chi connectivity index (χ1n) is 10.2. The van der Waals surface area contributed by atoms with Crippen molar-refractivity contribution >= 4 is 40.9 Å². The molecule has 2 amide bonds. The van der Waals surface area contributed by atoms with Crippen LogP contribution in [0.3, 0.4) is 0 Å². The SMILES string of the molecule is COc1ccc(Cl)cc1NC(=O)C1CC(=O)Nc2nc(N3CCCCC3C)[nH]c(=O)c21. The highest BCUT2D eigenvalue weighted by molar-refractivity contribution is 6.31. The third-order valence-electron chi connectivity index (χ3n) is 5.75. The molecule has 0 aliphatic carbocycles. The Labute approximate surface area is 184 Å². The molecular formula is C21H24ClN5O4. The number of aromatic amines is 1. The molecule has 1 fully saturated rings. The lowest BCUT2D eigenvalue weighted by Gasteiger charge is -2.34. The minimum absolute atomic E-state index is 0.131. The van der Waals surface area contributed by atoms with Crippen LogP contribution >= 0.6 is 11.6 Å². The van der Waals surface area contributed by atoms with E-state index in [1.165, 1.54) is 7.11 Å². The van der Waals surface area contributed by atoms with Gasteiger partial charge < -0.3 is 20.3 Å². The van der Waals surface area contributed by atoms with Crippen LogP contribution < -0.4 is 25.8 Å². The van der Waals surface area contributed by atoms with Crippen LogP contribution in [0, 0.1) is 0 Å². The molecule has 3 N–H and O–H groups in total. The van der Waals surface area contributed by atoms with E-state index >= 15 is 0 Å². The molecule has 0 saturated carbocycles. The lowest BCUT2D eigenvalue weighted by Crippen LogP contribution is -2.42. The van der Waals surface area contributed by atoms with Gasteiger partial charge in [0.25, 0.3) is 5.56 Å². The van der Waals surface area contributed by atoms with Crippen LogP contribution in [0.4, 0.5) is 17.5 Å². The number of nitrogens with one attached hydrogen (secondary N) is 3. The molecule has 1 aromatic carbocycles. The Hall–Kier alpha value is -3.07. The van der Waals surface area contributed by atoms with Gasteiger partial charge in [-0.2, -0.15) is 4.98 Å². The molecule has 0 radical (unpaired) electrons. The fraction of sp³-hybridized carbons (Fsp3) is 0.429. The topological polar surface area (TPSA) is 116 Å². The standard InChI is InChI=1S/C21H24ClN5O4/c1-11-5-3-4-8-27(11)21-25-18-17(20(30)26-21)13(10-16(28)24-18)19(29)23-14-9-12(22)6-7-15(14)31-2/h6-7,9,11,13H,3-5,8,10H2,1-2H3,(H,23,29)(H2,24,25,26,28,30). The van der Waals surface area contributed by atoms with Crippen LogP contribution in [0.25, 0.3) is 0 Å². The summed E-state index contributed by atoms with van der Waals surface area (Å²) in [6.07, 6.45) is 2.97. The maximum absolute atomic E-state index is 13.1. The normalized spacial score (nSPS) is 20.6. The van der Waals surface area contributed by atoms with Crippen molar-refractivity contribution in [2.24, 2.45) is 0 Å². The zero-order valence-corrected chi connectivity index (χ0v) is 18.1. The number of carbonyl (C=O) groups is 2. The van der Waals surface area contributed by atoms with E-state index in [-0.39, 0.29) is 29.8 Å². The predicted octanol–water partition coefficient (Wildman–Crippen LogP) is 2.88. The largest absolute Gasteiger partial charge is 0.495 e. The molecule has 0 bridgehead atoms. The number of nitrogens with zero attached hydrogens (tertiary/aromatic N) is 2. The fourth-order valence-corrected chi connectivity index (χ4v) is 4.30. The maximum Gasteiger partial charge on any atom is 0.258 e. The minimum Gasteiger partial charge on any atom is -0.495 e. The Kier molecular flexibility index (Phi) is 5.86. The second kappa shape index (κ2) is 8.58. The van der Waals surface area contributed by atoms with E-state index < -0.39 is 17.4 Å². The quantitative estimate of drug-likeness (QED) is 0.666. The number of fused-ring (bicyclic) bond motifs is 1. The number of carbonyl (C=O) groups excluding carboxylic acids is 2. The van der Waals surface area contributed by atoms with Gasteiger partial charge in [0.05, 0.1) is 24.3 Å². The molecule has 2 aliphatic heterocycles. The van der Waals surface area contributed by atoms with Crippen molar-refractivity contribution in [3.05, 3.63) is 39.1 Å². The van der Waals surface area contributed by atoms with Gasteiger partial charge in [-0.25, -0.2) is 0 Å². The van der Waals surface area contributed by atoms with Gasteiger partial charge in [-0.05, 0) is 44.4 Å². The number of piperidine rings is 1. The molecule has 2 aromatic rings. The number of H-pyrrole nitrogens is 1. The van der Waals surface area contributed by atoms with Crippen molar-refractivity contribution in [3.63, 3.8) is 0 Å². The molecule has 9 nitrogen and oxygen atoms in total. The summed E-state index contributed by atoms with van der Waals surface area (Å²) < 4.78 is 5.26. The van der Waals surface area contributed by atoms with Crippen molar-refractivity contribution < 1.29 is 14.3 Å². The highest BCUT2D eigenvalue weighted by atomic mass is 35.5. The van der Waals surface area contributed by atoms with E-state index in [0.717, 1.165) is 25.8 Å². The lowest BCUT2D eigenvalue weighted by atomic mass is 9.92. The van der Waals surface area contributed by atoms with Crippen LogP contribution in [0.2, 0.25) is 5.02 Å². The Bertz CT molecular complexity index is 1090. The van der Waals surface area contributed by atoms with E-state index in [9.17, 15) is 14.4 Å². The molecule has 1 aromatic heterocycles. The van der Waals surface area contributed by atoms with E-state index in [0.29, 0.717) is 22.4 Å². The highest BCUT2D eigenvalue weighted by Gasteiger charge is 2.36. The summed E-state index contributed by atoms with van der Waals surface area (Å²) in [5, 5.41) is 5.79. The Morgan fingerprint density at radius 1 is 1.32 bits per heavy atom. The molecule has 2 unspecified atom stereocenters. The molecule has 3 heterocycles. The first kappa shape index (κ1) is 21.2. The highest BCUT2D eigenvalue weighted by Crippen LogP contribution is 2.33. The predicted molar refractivity (Wildman–Crippen MR) is 118 cm³/mol. The van der Waals surface area contributed by atoms with Crippen LogP contribution in [0.5, 0.6) is 5.75 Å². The van der Waals surface area contributed by atoms with E-state index in [4.69, 9.17) is 16.3 Å². The summed E-state index contributed by atoms with van der Waals surface area (Å²) in [4.78, 5) is 47.7. The minimum atomic E-state index is -0.989. The molecule has 1 saturated heterocycles. The summed E-state index contributed by atoms with van der Waals surface area (Å²) in [6, 6.07) is 5.03.